The Hall–Kier alpha value is -1.03. The molecule has 1 aromatic heterocycles. The molecule has 1 aliphatic rings. The first-order valence-electron chi connectivity index (χ1n) is 6.04. The Balaban J connectivity index is 2.19. The monoisotopic (exact) mass is 251 g/mol. The van der Waals surface area contributed by atoms with E-state index >= 15 is 0 Å². The molecule has 0 radical (unpaired) electrons. The normalized spacial score (nSPS) is 17.0. The molecule has 0 unspecified atom stereocenters. The van der Waals surface area contributed by atoms with E-state index in [1.165, 1.54) is 32.1 Å². The van der Waals surface area contributed by atoms with Crippen LogP contribution in [-0.2, 0) is 0 Å². The van der Waals surface area contributed by atoms with E-state index in [-0.39, 0.29) is 0 Å². The van der Waals surface area contributed by atoms with E-state index < -0.39 is 5.97 Å². The number of thioether (sulfide) groups is 1. The predicted molar refractivity (Wildman–Crippen MR) is 68.7 cm³/mol. The smallest absolute Gasteiger partial charge is 0.338 e. The summed E-state index contributed by atoms with van der Waals surface area (Å²) in [4.78, 5) is 15.5. The highest BCUT2D eigenvalue weighted by atomic mass is 32.2. The zero-order chi connectivity index (χ0) is 12.3. The Labute approximate surface area is 106 Å². The molecule has 3 nitrogen and oxygen atoms in total. The van der Waals surface area contributed by atoms with Gasteiger partial charge in [0.2, 0.25) is 0 Å². The lowest BCUT2D eigenvalue weighted by Gasteiger charge is -2.21. The van der Waals surface area contributed by atoms with Crippen LogP contribution in [0.1, 0.15) is 48.0 Å². The van der Waals surface area contributed by atoms with Crippen molar-refractivity contribution in [2.75, 3.05) is 0 Å². The van der Waals surface area contributed by atoms with Crippen molar-refractivity contribution in [1.82, 2.24) is 4.98 Å². The molecule has 1 saturated carbocycles. The summed E-state index contributed by atoms with van der Waals surface area (Å²) >= 11 is 1.64. The minimum absolute atomic E-state index is 0.378. The van der Waals surface area contributed by atoms with Crippen LogP contribution in [0, 0.1) is 6.92 Å². The molecule has 1 heterocycles. The van der Waals surface area contributed by atoms with Crippen molar-refractivity contribution in [3.05, 3.63) is 23.4 Å². The first kappa shape index (κ1) is 12.4. The Kier molecular flexibility index (Phi) is 4.05. The zero-order valence-electron chi connectivity index (χ0n) is 9.98. The van der Waals surface area contributed by atoms with Crippen LogP contribution in [0.2, 0.25) is 0 Å². The summed E-state index contributed by atoms with van der Waals surface area (Å²) < 4.78 is 0. The van der Waals surface area contributed by atoms with Gasteiger partial charge in [-0.05, 0) is 31.4 Å². The van der Waals surface area contributed by atoms with E-state index in [2.05, 4.69) is 4.98 Å². The van der Waals surface area contributed by atoms with Crippen LogP contribution in [0.5, 0.6) is 0 Å². The van der Waals surface area contributed by atoms with Crippen molar-refractivity contribution in [3.8, 4) is 0 Å². The van der Waals surface area contributed by atoms with Gasteiger partial charge in [-0.2, -0.15) is 0 Å². The van der Waals surface area contributed by atoms with Gasteiger partial charge in [-0.3, -0.25) is 0 Å². The second kappa shape index (κ2) is 5.54. The number of carboxylic acid groups (broad SMARTS) is 1. The van der Waals surface area contributed by atoms with Gasteiger partial charge in [0.05, 0.1) is 5.56 Å². The molecular weight excluding hydrogens is 234 g/mol. The summed E-state index contributed by atoms with van der Waals surface area (Å²) in [5, 5.41) is 10.4. The summed E-state index contributed by atoms with van der Waals surface area (Å²) in [6, 6.07) is 1.76. The number of pyridine rings is 1. The second-order valence-corrected chi connectivity index (χ2v) is 5.78. The highest BCUT2D eigenvalue weighted by Crippen LogP contribution is 2.34. The lowest BCUT2D eigenvalue weighted by atomic mass is 10.0. The molecular formula is C13H17NO2S. The third-order valence-electron chi connectivity index (χ3n) is 3.17. The van der Waals surface area contributed by atoms with Crippen LogP contribution in [0.15, 0.2) is 17.3 Å². The maximum absolute atomic E-state index is 11.2. The maximum atomic E-state index is 11.2. The molecule has 1 N–H and O–H groups in total. The average molecular weight is 251 g/mol. The van der Waals surface area contributed by atoms with Gasteiger partial charge in [0.1, 0.15) is 5.03 Å². The third kappa shape index (κ3) is 3.00. The molecule has 0 amide bonds. The first-order chi connectivity index (χ1) is 8.18. The maximum Gasteiger partial charge on any atom is 0.338 e. The van der Waals surface area contributed by atoms with Crippen LogP contribution in [0.4, 0.5) is 0 Å². The summed E-state index contributed by atoms with van der Waals surface area (Å²) in [6.07, 6.45) is 7.88. The lowest BCUT2D eigenvalue weighted by molar-refractivity contribution is 0.0691. The Bertz CT molecular complexity index is 414. The number of hydrogen-bond acceptors (Lipinski definition) is 3. The minimum atomic E-state index is -0.867. The zero-order valence-corrected chi connectivity index (χ0v) is 10.8. The third-order valence-corrected chi connectivity index (χ3v) is 4.51. The number of rotatable bonds is 3. The van der Waals surface area contributed by atoms with Gasteiger partial charge in [0.15, 0.2) is 0 Å². The lowest BCUT2D eigenvalue weighted by Crippen LogP contribution is -2.11. The van der Waals surface area contributed by atoms with Crippen molar-refractivity contribution in [1.29, 1.82) is 0 Å². The summed E-state index contributed by atoms with van der Waals surface area (Å²) in [5.74, 6) is -0.867. The summed E-state index contributed by atoms with van der Waals surface area (Å²) in [5.41, 5.74) is 1.17. The van der Waals surface area contributed by atoms with Crippen LogP contribution in [0.25, 0.3) is 0 Å². The Morgan fingerprint density at radius 1 is 1.41 bits per heavy atom. The summed E-state index contributed by atoms with van der Waals surface area (Å²) in [7, 11) is 0. The van der Waals surface area contributed by atoms with Gasteiger partial charge in [0.25, 0.3) is 0 Å². The molecule has 2 rings (SSSR count). The van der Waals surface area contributed by atoms with Gasteiger partial charge >= 0.3 is 5.97 Å². The standard InChI is InChI=1S/C13H17NO2S/c1-9-7-8-14-12(11(9)13(15)16)17-10-5-3-2-4-6-10/h7-8,10H,2-6H2,1H3,(H,15,16). The van der Waals surface area contributed by atoms with E-state index in [0.717, 1.165) is 5.56 Å². The van der Waals surface area contributed by atoms with E-state index in [0.29, 0.717) is 15.8 Å². The summed E-state index contributed by atoms with van der Waals surface area (Å²) in [6.45, 7) is 1.83. The number of aryl methyl sites for hydroxylation is 1. The van der Waals surface area contributed by atoms with Crippen molar-refractivity contribution < 1.29 is 9.90 Å². The van der Waals surface area contributed by atoms with Gasteiger partial charge in [-0.1, -0.05) is 19.3 Å². The number of hydrogen-bond donors (Lipinski definition) is 1. The van der Waals surface area contributed by atoms with Gasteiger partial charge in [-0.25, -0.2) is 9.78 Å². The number of aromatic carboxylic acids is 1. The van der Waals surface area contributed by atoms with E-state index in [1.807, 2.05) is 6.92 Å². The topological polar surface area (TPSA) is 50.2 Å². The minimum Gasteiger partial charge on any atom is -0.478 e. The quantitative estimate of drug-likeness (QED) is 0.893. The SMILES string of the molecule is Cc1ccnc(SC2CCCCC2)c1C(=O)O. The molecule has 1 fully saturated rings. The largest absolute Gasteiger partial charge is 0.478 e. The van der Waals surface area contributed by atoms with Crippen LogP contribution < -0.4 is 0 Å². The van der Waals surface area contributed by atoms with Gasteiger partial charge in [0, 0.05) is 11.4 Å². The van der Waals surface area contributed by atoms with Crippen LogP contribution in [0.3, 0.4) is 0 Å². The van der Waals surface area contributed by atoms with Crippen LogP contribution in [-0.4, -0.2) is 21.3 Å². The highest BCUT2D eigenvalue weighted by molar-refractivity contribution is 7.99. The fraction of sp³-hybridized carbons (Fsp3) is 0.538. The molecule has 1 aliphatic carbocycles. The average Bonchev–Trinajstić information content (AvgIpc) is 2.30. The first-order valence-corrected chi connectivity index (χ1v) is 6.92. The number of carbonyl (C=O) groups is 1. The van der Waals surface area contributed by atoms with Crippen LogP contribution >= 0.6 is 11.8 Å². The molecule has 0 spiro atoms. The second-order valence-electron chi connectivity index (χ2n) is 4.49. The van der Waals surface area contributed by atoms with E-state index in [4.69, 9.17) is 0 Å². The Morgan fingerprint density at radius 3 is 2.76 bits per heavy atom. The molecule has 0 saturated heterocycles. The molecule has 0 aliphatic heterocycles. The Morgan fingerprint density at radius 2 is 2.12 bits per heavy atom. The fourth-order valence-electron chi connectivity index (χ4n) is 2.22. The van der Waals surface area contributed by atoms with Crippen molar-refractivity contribution in [2.45, 2.75) is 49.3 Å². The van der Waals surface area contributed by atoms with Crippen molar-refractivity contribution in [3.63, 3.8) is 0 Å². The molecule has 0 atom stereocenters. The van der Waals surface area contributed by atoms with Crippen molar-refractivity contribution in [2.24, 2.45) is 0 Å². The molecule has 0 aromatic carbocycles. The van der Waals surface area contributed by atoms with E-state index in [9.17, 15) is 9.90 Å². The van der Waals surface area contributed by atoms with E-state index in [1.54, 1.807) is 24.0 Å². The van der Waals surface area contributed by atoms with Gasteiger partial charge < -0.3 is 5.11 Å². The van der Waals surface area contributed by atoms with Gasteiger partial charge in [-0.15, -0.1) is 11.8 Å². The highest BCUT2D eigenvalue weighted by Gasteiger charge is 2.20. The number of aromatic nitrogens is 1. The molecule has 17 heavy (non-hydrogen) atoms. The number of carboxylic acids is 1. The molecule has 92 valence electrons. The van der Waals surface area contributed by atoms with Crippen molar-refractivity contribution >= 4 is 17.7 Å². The molecule has 4 heteroatoms. The molecule has 0 bridgehead atoms. The molecule has 1 aromatic rings. The predicted octanol–water partition coefficient (Wildman–Crippen LogP) is 3.51. The number of nitrogens with zero attached hydrogens (tertiary/aromatic N) is 1. The fourth-order valence-corrected chi connectivity index (χ4v) is 3.60.